The van der Waals surface area contributed by atoms with E-state index >= 15 is 0 Å². The smallest absolute Gasteiger partial charge is 0.0968 e. The first kappa shape index (κ1) is 11.3. The van der Waals surface area contributed by atoms with E-state index in [-0.39, 0.29) is 5.92 Å². The van der Waals surface area contributed by atoms with Gasteiger partial charge in [0.05, 0.1) is 12.0 Å². The third kappa shape index (κ3) is 1.79. The summed E-state index contributed by atoms with van der Waals surface area (Å²) in [5, 5.41) is 10.2. The van der Waals surface area contributed by atoms with Gasteiger partial charge in [0.1, 0.15) is 0 Å². The molecule has 0 spiro atoms. The Hall–Kier alpha value is -1.78. The van der Waals surface area contributed by atoms with Gasteiger partial charge in [0.25, 0.3) is 0 Å². The molecule has 0 aliphatic heterocycles. The normalized spacial score (nSPS) is 17.2. The molecule has 0 fully saturated rings. The topological polar surface area (TPSA) is 23.8 Å². The molecule has 1 aliphatic rings. The zero-order valence-electron chi connectivity index (χ0n) is 9.86. The molecule has 0 heterocycles. The average molecular weight is 254 g/mol. The molecule has 88 valence electrons. The van der Waals surface area contributed by atoms with Gasteiger partial charge in [-0.2, -0.15) is 5.26 Å². The van der Waals surface area contributed by atoms with Crippen molar-refractivity contribution in [1.82, 2.24) is 0 Å². The van der Waals surface area contributed by atoms with Crippen molar-refractivity contribution in [2.24, 2.45) is 0 Å². The van der Waals surface area contributed by atoms with Crippen LogP contribution in [0.15, 0.2) is 42.5 Å². The predicted octanol–water partition coefficient (Wildman–Crippen LogP) is 4.09. The van der Waals surface area contributed by atoms with Crippen molar-refractivity contribution in [1.29, 1.82) is 5.26 Å². The summed E-state index contributed by atoms with van der Waals surface area (Å²) < 4.78 is 0. The summed E-state index contributed by atoms with van der Waals surface area (Å²) in [7, 11) is 0. The van der Waals surface area contributed by atoms with Crippen molar-refractivity contribution in [3.63, 3.8) is 0 Å². The highest BCUT2D eigenvalue weighted by molar-refractivity contribution is 6.30. The number of fused-ring (bicyclic) bond motifs is 2. The first-order valence-corrected chi connectivity index (χ1v) is 6.43. The maximum Gasteiger partial charge on any atom is 0.0968 e. The predicted molar refractivity (Wildman–Crippen MR) is 72.8 cm³/mol. The molecule has 1 atom stereocenters. The van der Waals surface area contributed by atoms with Gasteiger partial charge in [-0.1, -0.05) is 41.9 Å². The summed E-state index contributed by atoms with van der Waals surface area (Å²) in [4.78, 5) is 0. The van der Waals surface area contributed by atoms with E-state index in [2.05, 4.69) is 18.2 Å². The summed E-state index contributed by atoms with van der Waals surface area (Å²) in [5.41, 5.74) is 4.70. The van der Waals surface area contributed by atoms with Gasteiger partial charge >= 0.3 is 0 Å². The Labute approximate surface area is 112 Å². The minimum atomic E-state index is -0.197. The van der Waals surface area contributed by atoms with Crippen molar-refractivity contribution >= 4 is 11.6 Å². The summed E-state index contributed by atoms with van der Waals surface area (Å²) in [6.07, 6.45) is 1.96. The lowest BCUT2D eigenvalue weighted by Crippen LogP contribution is -2.01. The number of nitriles is 1. The number of nitrogens with zero attached hydrogens (tertiary/aromatic N) is 1. The number of aryl methyl sites for hydroxylation is 2. The Bertz CT molecular complexity index is 640. The van der Waals surface area contributed by atoms with Crippen LogP contribution in [0, 0.1) is 11.3 Å². The zero-order chi connectivity index (χ0) is 12.5. The van der Waals surface area contributed by atoms with E-state index in [4.69, 9.17) is 11.6 Å². The quantitative estimate of drug-likeness (QED) is 0.694. The van der Waals surface area contributed by atoms with E-state index in [1.54, 1.807) is 0 Å². The summed E-state index contributed by atoms with van der Waals surface area (Å²) >= 11 is 6.07. The lowest BCUT2D eigenvalue weighted by molar-refractivity contribution is 0.965. The summed E-state index contributed by atoms with van der Waals surface area (Å²) in [6, 6.07) is 16.5. The third-order valence-corrected chi connectivity index (χ3v) is 3.81. The molecule has 0 amide bonds. The van der Waals surface area contributed by atoms with E-state index in [9.17, 15) is 5.26 Å². The molecule has 0 aromatic heterocycles. The highest BCUT2D eigenvalue weighted by Crippen LogP contribution is 2.34. The van der Waals surface area contributed by atoms with Gasteiger partial charge in [-0.3, -0.25) is 0 Å². The monoisotopic (exact) mass is 253 g/mol. The average Bonchev–Trinajstić information content (AvgIpc) is 2.54. The fourth-order valence-corrected chi connectivity index (χ4v) is 2.86. The van der Waals surface area contributed by atoms with Crippen LogP contribution < -0.4 is 0 Å². The molecule has 1 aliphatic carbocycles. The van der Waals surface area contributed by atoms with Crippen LogP contribution in [0.1, 0.15) is 28.2 Å². The van der Waals surface area contributed by atoms with Crippen molar-refractivity contribution in [2.45, 2.75) is 18.8 Å². The van der Waals surface area contributed by atoms with Crippen molar-refractivity contribution < 1.29 is 0 Å². The van der Waals surface area contributed by atoms with E-state index in [1.165, 1.54) is 11.1 Å². The molecule has 3 rings (SSSR count). The maximum absolute atomic E-state index is 9.51. The first-order valence-electron chi connectivity index (χ1n) is 6.05. The molecule has 0 unspecified atom stereocenters. The first-order chi connectivity index (χ1) is 8.79. The highest BCUT2D eigenvalue weighted by Gasteiger charge is 2.23. The van der Waals surface area contributed by atoms with E-state index in [0.29, 0.717) is 5.02 Å². The Morgan fingerprint density at radius 2 is 1.72 bits per heavy atom. The van der Waals surface area contributed by atoms with Crippen molar-refractivity contribution in [3.8, 4) is 6.07 Å². The van der Waals surface area contributed by atoms with Gasteiger partial charge < -0.3 is 0 Å². The van der Waals surface area contributed by atoms with E-state index < -0.39 is 0 Å². The Morgan fingerprint density at radius 3 is 2.50 bits per heavy atom. The number of rotatable bonds is 0. The van der Waals surface area contributed by atoms with Gasteiger partial charge in [0, 0.05) is 5.02 Å². The molecule has 2 heteroatoms. The summed E-state index contributed by atoms with van der Waals surface area (Å²) in [6.45, 7) is 0. The molecule has 0 saturated heterocycles. The van der Waals surface area contributed by atoms with Crippen LogP contribution in [0.2, 0.25) is 5.02 Å². The molecule has 0 bridgehead atoms. The minimum Gasteiger partial charge on any atom is -0.197 e. The molecular weight excluding hydrogens is 242 g/mol. The van der Waals surface area contributed by atoms with Gasteiger partial charge in [0.2, 0.25) is 0 Å². The highest BCUT2D eigenvalue weighted by atomic mass is 35.5. The van der Waals surface area contributed by atoms with Crippen molar-refractivity contribution in [3.05, 3.63) is 69.7 Å². The van der Waals surface area contributed by atoms with Crippen LogP contribution in [0.5, 0.6) is 0 Å². The second kappa shape index (κ2) is 4.48. The van der Waals surface area contributed by atoms with Crippen LogP contribution in [0.3, 0.4) is 0 Å². The Kier molecular flexibility index (Phi) is 2.81. The standard InChI is InChI=1S/C16H12ClN/c17-13-8-7-12-6-5-11-3-1-2-4-14(11)16(10-18)15(12)9-13/h1-4,7-9,16H,5-6H2/t16-/m1/s1. The SMILES string of the molecule is N#C[C@@H]1c2ccccc2CCc2ccc(Cl)cc21. The lowest BCUT2D eigenvalue weighted by atomic mass is 9.89. The molecule has 2 aromatic carbocycles. The van der Waals surface area contributed by atoms with Crippen LogP contribution in [-0.2, 0) is 12.8 Å². The number of hydrogen-bond acceptors (Lipinski definition) is 1. The molecule has 0 N–H and O–H groups in total. The Morgan fingerprint density at radius 1 is 1.00 bits per heavy atom. The summed E-state index contributed by atoms with van der Waals surface area (Å²) in [5.74, 6) is -0.197. The van der Waals surface area contributed by atoms with Gasteiger partial charge in [-0.15, -0.1) is 0 Å². The minimum absolute atomic E-state index is 0.197. The molecule has 2 aromatic rings. The van der Waals surface area contributed by atoms with Crippen molar-refractivity contribution in [2.75, 3.05) is 0 Å². The second-order valence-electron chi connectivity index (χ2n) is 4.60. The molecule has 1 nitrogen and oxygen atoms in total. The van der Waals surface area contributed by atoms with Crippen LogP contribution in [-0.4, -0.2) is 0 Å². The molecule has 0 saturated carbocycles. The second-order valence-corrected chi connectivity index (χ2v) is 5.04. The largest absolute Gasteiger partial charge is 0.197 e. The zero-order valence-corrected chi connectivity index (χ0v) is 10.6. The molecule has 18 heavy (non-hydrogen) atoms. The Balaban J connectivity index is 2.24. The van der Waals surface area contributed by atoms with E-state index in [1.807, 2.05) is 30.3 Å². The van der Waals surface area contributed by atoms with Crippen LogP contribution in [0.25, 0.3) is 0 Å². The molecular formula is C16H12ClN. The fourth-order valence-electron chi connectivity index (χ4n) is 2.68. The van der Waals surface area contributed by atoms with Gasteiger partial charge in [-0.05, 0) is 47.2 Å². The lowest BCUT2D eigenvalue weighted by Gasteiger charge is -2.13. The maximum atomic E-state index is 9.51. The number of benzene rings is 2. The van der Waals surface area contributed by atoms with Crippen LogP contribution >= 0.6 is 11.6 Å². The van der Waals surface area contributed by atoms with Gasteiger partial charge in [-0.25, -0.2) is 0 Å². The van der Waals surface area contributed by atoms with E-state index in [0.717, 1.165) is 24.0 Å². The molecule has 0 radical (unpaired) electrons. The fraction of sp³-hybridized carbons (Fsp3) is 0.188. The van der Waals surface area contributed by atoms with Crippen LogP contribution in [0.4, 0.5) is 0 Å². The third-order valence-electron chi connectivity index (χ3n) is 3.58. The number of halogens is 1. The van der Waals surface area contributed by atoms with Gasteiger partial charge in [0.15, 0.2) is 0 Å². The number of hydrogen-bond donors (Lipinski definition) is 0.